The Morgan fingerprint density at radius 1 is 1.00 bits per heavy atom. The maximum Gasteiger partial charge on any atom is 0.262 e. The van der Waals surface area contributed by atoms with Crippen LogP contribution in [0.3, 0.4) is 0 Å². The minimum Gasteiger partial charge on any atom is -0.490 e. The van der Waals surface area contributed by atoms with Gasteiger partial charge in [-0.05, 0) is 38.1 Å². The van der Waals surface area contributed by atoms with Gasteiger partial charge in [0.2, 0.25) is 0 Å². The lowest BCUT2D eigenvalue weighted by molar-refractivity contribution is -0.118. The summed E-state index contributed by atoms with van der Waals surface area (Å²) >= 11 is 0. The minimum absolute atomic E-state index is 0.167. The quantitative estimate of drug-likeness (QED) is 0.707. The molecule has 0 radical (unpaired) electrons. The molecule has 0 fully saturated rings. The molecule has 0 bridgehead atoms. The molecular weight excluding hydrogens is 322 g/mol. The SMILES string of the molecule is CCOc1ccc(NC(=O)COc2cccc(C=O)c2)cc1OCC. The van der Waals surface area contributed by atoms with E-state index in [0.29, 0.717) is 41.7 Å². The van der Waals surface area contributed by atoms with Crippen molar-refractivity contribution >= 4 is 17.9 Å². The van der Waals surface area contributed by atoms with Gasteiger partial charge >= 0.3 is 0 Å². The van der Waals surface area contributed by atoms with E-state index in [9.17, 15) is 9.59 Å². The molecule has 2 aromatic rings. The number of amides is 1. The Labute approximate surface area is 146 Å². The van der Waals surface area contributed by atoms with Crippen LogP contribution in [0, 0.1) is 0 Å². The number of benzene rings is 2. The number of ether oxygens (including phenoxy) is 3. The second-order valence-electron chi connectivity index (χ2n) is 5.05. The van der Waals surface area contributed by atoms with Gasteiger partial charge in [-0.2, -0.15) is 0 Å². The number of rotatable bonds is 9. The highest BCUT2D eigenvalue weighted by molar-refractivity contribution is 5.92. The van der Waals surface area contributed by atoms with Gasteiger partial charge < -0.3 is 19.5 Å². The van der Waals surface area contributed by atoms with E-state index < -0.39 is 0 Å². The molecule has 0 aliphatic rings. The molecule has 2 rings (SSSR count). The zero-order valence-electron chi connectivity index (χ0n) is 14.3. The van der Waals surface area contributed by atoms with Crippen LogP contribution in [0.1, 0.15) is 24.2 Å². The lowest BCUT2D eigenvalue weighted by Crippen LogP contribution is -2.20. The van der Waals surface area contributed by atoms with Crippen LogP contribution in [-0.4, -0.2) is 32.0 Å². The van der Waals surface area contributed by atoms with Gasteiger partial charge in [-0.25, -0.2) is 0 Å². The first-order chi connectivity index (χ1) is 12.2. The number of hydrogen-bond donors (Lipinski definition) is 1. The largest absolute Gasteiger partial charge is 0.490 e. The van der Waals surface area contributed by atoms with Crippen molar-refractivity contribution < 1.29 is 23.8 Å². The molecule has 6 heteroatoms. The Balaban J connectivity index is 1.97. The van der Waals surface area contributed by atoms with Crippen LogP contribution in [0.5, 0.6) is 17.2 Å². The molecule has 0 saturated heterocycles. The molecule has 0 saturated carbocycles. The molecule has 0 aliphatic carbocycles. The van der Waals surface area contributed by atoms with E-state index in [1.807, 2.05) is 13.8 Å². The molecule has 0 heterocycles. The molecule has 0 unspecified atom stereocenters. The summed E-state index contributed by atoms with van der Waals surface area (Å²) in [5.74, 6) is 1.34. The van der Waals surface area contributed by atoms with Crippen molar-refractivity contribution in [2.75, 3.05) is 25.1 Å². The van der Waals surface area contributed by atoms with Gasteiger partial charge in [-0.3, -0.25) is 9.59 Å². The summed E-state index contributed by atoms with van der Waals surface area (Å²) in [6, 6.07) is 11.8. The molecule has 0 spiro atoms. The van der Waals surface area contributed by atoms with E-state index >= 15 is 0 Å². The fraction of sp³-hybridized carbons (Fsp3) is 0.263. The monoisotopic (exact) mass is 343 g/mol. The third-order valence-corrected chi connectivity index (χ3v) is 3.19. The fourth-order valence-electron chi connectivity index (χ4n) is 2.15. The third kappa shape index (κ3) is 5.53. The first-order valence-electron chi connectivity index (χ1n) is 8.03. The van der Waals surface area contributed by atoms with Gasteiger partial charge in [0.15, 0.2) is 18.1 Å². The molecule has 1 amide bonds. The van der Waals surface area contributed by atoms with E-state index in [1.54, 1.807) is 42.5 Å². The molecule has 2 aromatic carbocycles. The van der Waals surface area contributed by atoms with Crippen LogP contribution in [0.25, 0.3) is 0 Å². The van der Waals surface area contributed by atoms with Gasteiger partial charge in [-0.15, -0.1) is 0 Å². The maximum absolute atomic E-state index is 12.0. The van der Waals surface area contributed by atoms with Crippen LogP contribution in [0.2, 0.25) is 0 Å². The number of carbonyl (C=O) groups is 2. The second kappa shape index (κ2) is 9.32. The number of hydrogen-bond acceptors (Lipinski definition) is 5. The summed E-state index contributed by atoms with van der Waals surface area (Å²) in [5, 5.41) is 2.74. The predicted octanol–water partition coefficient (Wildman–Crippen LogP) is 3.31. The van der Waals surface area contributed by atoms with Crippen LogP contribution in [0.15, 0.2) is 42.5 Å². The number of anilines is 1. The molecule has 25 heavy (non-hydrogen) atoms. The van der Waals surface area contributed by atoms with Crippen LogP contribution < -0.4 is 19.5 Å². The maximum atomic E-state index is 12.0. The first-order valence-corrected chi connectivity index (χ1v) is 8.03. The molecule has 132 valence electrons. The normalized spacial score (nSPS) is 10.0. The van der Waals surface area contributed by atoms with Crippen molar-refractivity contribution in [3.63, 3.8) is 0 Å². The van der Waals surface area contributed by atoms with E-state index in [0.717, 1.165) is 6.29 Å². The van der Waals surface area contributed by atoms with Crippen molar-refractivity contribution in [2.45, 2.75) is 13.8 Å². The van der Waals surface area contributed by atoms with Crippen molar-refractivity contribution in [2.24, 2.45) is 0 Å². The topological polar surface area (TPSA) is 73.9 Å². The van der Waals surface area contributed by atoms with Crippen LogP contribution >= 0.6 is 0 Å². The standard InChI is InChI=1S/C19H21NO5/c1-3-23-17-9-8-15(11-18(17)24-4-2)20-19(22)13-25-16-7-5-6-14(10-16)12-21/h5-12H,3-4,13H2,1-2H3,(H,20,22). The Morgan fingerprint density at radius 3 is 2.48 bits per heavy atom. The van der Waals surface area contributed by atoms with Gasteiger partial charge in [0.05, 0.1) is 13.2 Å². The summed E-state index contributed by atoms with van der Waals surface area (Å²) in [5.41, 5.74) is 1.08. The van der Waals surface area contributed by atoms with Gasteiger partial charge in [-0.1, -0.05) is 12.1 Å². The number of aldehydes is 1. The van der Waals surface area contributed by atoms with Crippen LogP contribution in [-0.2, 0) is 4.79 Å². The average molecular weight is 343 g/mol. The molecular formula is C19H21NO5. The Kier molecular flexibility index (Phi) is 6.83. The summed E-state index contributed by atoms with van der Waals surface area (Å²) in [7, 11) is 0. The molecule has 6 nitrogen and oxygen atoms in total. The Hall–Kier alpha value is -3.02. The molecule has 0 aliphatic heterocycles. The summed E-state index contributed by atoms with van der Waals surface area (Å²) < 4.78 is 16.4. The summed E-state index contributed by atoms with van der Waals surface area (Å²) in [4.78, 5) is 22.8. The van der Waals surface area contributed by atoms with E-state index in [2.05, 4.69) is 5.32 Å². The van der Waals surface area contributed by atoms with Crippen molar-refractivity contribution in [3.05, 3.63) is 48.0 Å². The molecule has 0 atom stereocenters. The van der Waals surface area contributed by atoms with E-state index in [4.69, 9.17) is 14.2 Å². The highest BCUT2D eigenvalue weighted by atomic mass is 16.5. The van der Waals surface area contributed by atoms with Crippen molar-refractivity contribution in [3.8, 4) is 17.2 Å². The van der Waals surface area contributed by atoms with Gasteiger partial charge in [0.25, 0.3) is 5.91 Å². The smallest absolute Gasteiger partial charge is 0.262 e. The second-order valence-corrected chi connectivity index (χ2v) is 5.05. The number of carbonyl (C=O) groups excluding carboxylic acids is 2. The van der Waals surface area contributed by atoms with Crippen LogP contribution in [0.4, 0.5) is 5.69 Å². The lowest BCUT2D eigenvalue weighted by atomic mass is 10.2. The minimum atomic E-state index is -0.317. The third-order valence-electron chi connectivity index (χ3n) is 3.19. The fourth-order valence-corrected chi connectivity index (χ4v) is 2.15. The zero-order valence-corrected chi connectivity index (χ0v) is 14.3. The Morgan fingerprint density at radius 2 is 1.76 bits per heavy atom. The highest BCUT2D eigenvalue weighted by Gasteiger charge is 2.09. The van der Waals surface area contributed by atoms with Crippen molar-refractivity contribution in [1.82, 2.24) is 0 Å². The van der Waals surface area contributed by atoms with Gasteiger partial charge in [0.1, 0.15) is 12.0 Å². The zero-order chi connectivity index (χ0) is 18.1. The first kappa shape index (κ1) is 18.3. The average Bonchev–Trinajstić information content (AvgIpc) is 2.63. The lowest BCUT2D eigenvalue weighted by Gasteiger charge is -2.13. The molecule has 0 aromatic heterocycles. The Bertz CT molecular complexity index is 730. The van der Waals surface area contributed by atoms with Gasteiger partial charge in [0, 0.05) is 17.3 Å². The predicted molar refractivity (Wildman–Crippen MR) is 94.7 cm³/mol. The summed E-state index contributed by atoms with van der Waals surface area (Å²) in [6.45, 7) is 4.62. The van der Waals surface area contributed by atoms with E-state index in [1.165, 1.54) is 0 Å². The highest BCUT2D eigenvalue weighted by Crippen LogP contribution is 2.30. The number of nitrogens with one attached hydrogen (secondary N) is 1. The van der Waals surface area contributed by atoms with E-state index in [-0.39, 0.29) is 12.5 Å². The molecule has 1 N–H and O–H groups in total. The van der Waals surface area contributed by atoms with Crippen molar-refractivity contribution in [1.29, 1.82) is 0 Å². The summed E-state index contributed by atoms with van der Waals surface area (Å²) in [6.07, 6.45) is 0.724.